The predicted octanol–water partition coefficient (Wildman–Crippen LogP) is 1.22. The van der Waals surface area contributed by atoms with Crippen LogP contribution < -0.4 is 5.73 Å². The second-order valence-electron chi connectivity index (χ2n) is 5.14. The van der Waals surface area contributed by atoms with Crippen LogP contribution in [0.5, 0.6) is 0 Å². The number of hydrogen-bond donors (Lipinski definition) is 1. The molecular formula is C12H24N2O. The summed E-state index contributed by atoms with van der Waals surface area (Å²) in [7, 11) is 0. The van der Waals surface area contributed by atoms with Crippen LogP contribution in [0.25, 0.3) is 0 Å². The van der Waals surface area contributed by atoms with E-state index < -0.39 is 0 Å². The first kappa shape index (κ1) is 11.4. The van der Waals surface area contributed by atoms with E-state index in [1.165, 1.54) is 32.2 Å². The molecule has 1 saturated heterocycles. The zero-order chi connectivity index (χ0) is 10.7. The molecule has 15 heavy (non-hydrogen) atoms. The number of morpholine rings is 1. The Labute approximate surface area is 93.0 Å². The summed E-state index contributed by atoms with van der Waals surface area (Å²) >= 11 is 0. The highest BCUT2D eigenvalue weighted by atomic mass is 16.5. The number of hydrogen-bond acceptors (Lipinski definition) is 3. The molecule has 0 aromatic heterocycles. The highest BCUT2D eigenvalue weighted by molar-refractivity contribution is 4.81. The fourth-order valence-electron chi connectivity index (χ4n) is 2.80. The van der Waals surface area contributed by atoms with Gasteiger partial charge in [-0.1, -0.05) is 12.8 Å². The Morgan fingerprint density at radius 3 is 2.73 bits per heavy atom. The van der Waals surface area contributed by atoms with Crippen LogP contribution in [-0.4, -0.2) is 43.3 Å². The Morgan fingerprint density at radius 1 is 1.33 bits per heavy atom. The van der Waals surface area contributed by atoms with E-state index >= 15 is 0 Å². The summed E-state index contributed by atoms with van der Waals surface area (Å²) in [5, 5.41) is 0. The van der Waals surface area contributed by atoms with E-state index in [0.29, 0.717) is 12.6 Å². The van der Waals surface area contributed by atoms with E-state index in [2.05, 4.69) is 11.8 Å². The molecule has 0 aromatic rings. The van der Waals surface area contributed by atoms with Gasteiger partial charge >= 0.3 is 0 Å². The third-order valence-corrected chi connectivity index (χ3v) is 3.86. The van der Waals surface area contributed by atoms with E-state index in [1.54, 1.807) is 0 Å². The summed E-state index contributed by atoms with van der Waals surface area (Å²) in [6.45, 7) is 6.08. The quantitative estimate of drug-likeness (QED) is 0.764. The Morgan fingerprint density at radius 2 is 2.07 bits per heavy atom. The van der Waals surface area contributed by atoms with Crippen molar-refractivity contribution in [2.24, 2.45) is 11.7 Å². The average Bonchev–Trinajstić information content (AvgIpc) is 2.74. The van der Waals surface area contributed by atoms with E-state index in [-0.39, 0.29) is 6.10 Å². The molecule has 2 unspecified atom stereocenters. The normalized spacial score (nSPS) is 34.8. The van der Waals surface area contributed by atoms with Crippen LogP contribution in [-0.2, 0) is 4.74 Å². The summed E-state index contributed by atoms with van der Waals surface area (Å²) in [5.41, 5.74) is 5.67. The Bertz CT molecular complexity index is 192. The first-order valence-corrected chi connectivity index (χ1v) is 6.35. The SMILES string of the molecule is CC1COC(CN)CN1CC1CCCC1. The van der Waals surface area contributed by atoms with Crippen molar-refractivity contribution in [3.8, 4) is 0 Å². The monoisotopic (exact) mass is 212 g/mol. The van der Waals surface area contributed by atoms with Crippen molar-refractivity contribution in [1.82, 2.24) is 4.90 Å². The van der Waals surface area contributed by atoms with Crippen LogP contribution >= 0.6 is 0 Å². The number of rotatable bonds is 3. The highest BCUT2D eigenvalue weighted by Crippen LogP contribution is 2.26. The summed E-state index contributed by atoms with van der Waals surface area (Å²) < 4.78 is 5.67. The third kappa shape index (κ3) is 2.92. The largest absolute Gasteiger partial charge is 0.374 e. The average molecular weight is 212 g/mol. The lowest BCUT2D eigenvalue weighted by Gasteiger charge is -2.39. The summed E-state index contributed by atoms with van der Waals surface area (Å²) in [6.07, 6.45) is 5.99. The fourth-order valence-corrected chi connectivity index (χ4v) is 2.80. The summed E-state index contributed by atoms with van der Waals surface area (Å²) in [6, 6.07) is 0.577. The van der Waals surface area contributed by atoms with Gasteiger partial charge in [-0.15, -0.1) is 0 Å². The van der Waals surface area contributed by atoms with Crippen molar-refractivity contribution >= 4 is 0 Å². The molecule has 0 spiro atoms. The minimum Gasteiger partial charge on any atom is -0.374 e. The third-order valence-electron chi connectivity index (χ3n) is 3.86. The molecule has 88 valence electrons. The first-order valence-electron chi connectivity index (χ1n) is 6.35. The van der Waals surface area contributed by atoms with Gasteiger partial charge < -0.3 is 10.5 Å². The van der Waals surface area contributed by atoms with Crippen molar-refractivity contribution in [3.05, 3.63) is 0 Å². The van der Waals surface area contributed by atoms with E-state index in [1.807, 2.05) is 0 Å². The van der Waals surface area contributed by atoms with Gasteiger partial charge in [-0.3, -0.25) is 4.90 Å². The summed E-state index contributed by atoms with van der Waals surface area (Å²) in [4.78, 5) is 2.58. The van der Waals surface area contributed by atoms with Gasteiger partial charge in [0.05, 0.1) is 12.7 Å². The Balaban J connectivity index is 1.82. The van der Waals surface area contributed by atoms with Crippen LogP contribution in [0.1, 0.15) is 32.6 Å². The van der Waals surface area contributed by atoms with Crippen LogP contribution in [0, 0.1) is 5.92 Å². The fraction of sp³-hybridized carbons (Fsp3) is 1.00. The van der Waals surface area contributed by atoms with E-state index in [4.69, 9.17) is 10.5 Å². The maximum atomic E-state index is 5.67. The highest BCUT2D eigenvalue weighted by Gasteiger charge is 2.28. The van der Waals surface area contributed by atoms with Gasteiger partial charge in [-0.05, 0) is 25.7 Å². The van der Waals surface area contributed by atoms with Crippen molar-refractivity contribution in [2.45, 2.75) is 44.8 Å². The van der Waals surface area contributed by atoms with Gasteiger partial charge in [-0.25, -0.2) is 0 Å². The van der Waals surface area contributed by atoms with Crippen molar-refractivity contribution in [3.63, 3.8) is 0 Å². The standard InChI is InChI=1S/C12H24N2O/c1-10-9-15-12(6-13)8-14(10)7-11-4-2-3-5-11/h10-12H,2-9,13H2,1H3. The summed E-state index contributed by atoms with van der Waals surface area (Å²) in [5.74, 6) is 0.934. The minimum absolute atomic E-state index is 0.266. The number of nitrogens with zero attached hydrogens (tertiary/aromatic N) is 1. The van der Waals surface area contributed by atoms with Crippen molar-refractivity contribution in [2.75, 3.05) is 26.2 Å². The number of ether oxygens (including phenoxy) is 1. The van der Waals surface area contributed by atoms with Crippen LogP contribution in [0.15, 0.2) is 0 Å². The molecule has 3 heteroatoms. The smallest absolute Gasteiger partial charge is 0.0824 e. The lowest BCUT2D eigenvalue weighted by molar-refractivity contribution is -0.0578. The van der Waals surface area contributed by atoms with Gasteiger partial charge in [-0.2, -0.15) is 0 Å². The lowest BCUT2D eigenvalue weighted by Crippen LogP contribution is -2.51. The second kappa shape index (κ2) is 5.28. The zero-order valence-corrected chi connectivity index (χ0v) is 9.82. The van der Waals surface area contributed by atoms with E-state index in [0.717, 1.165) is 19.1 Å². The molecule has 2 atom stereocenters. The van der Waals surface area contributed by atoms with Crippen LogP contribution in [0.4, 0.5) is 0 Å². The van der Waals surface area contributed by atoms with Crippen molar-refractivity contribution in [1.29, 1.82) is 0 Å². The molecule has 2 rings (SSSR count). The molecule has 0 amide bonds. The van der Waals surface area contributed by atoms with Gasteiger partial charge in [0.15, 0.2) is 0 Å². The Kier molecular flexibility index (Phi) is 4.00. The molecular weight excluding hydrogens is 188 g/mol. The van der Waals surface area contributed by atoms with E-state index in [9.17, 15) is 0 Å². The van der Waals surface area contributed by atoms with Gasteiger partial charge in [0, 0.05) is 25.7 Å². The molecule has 2 N–H and O–H groups in total. The first-order chi connectivity index (χ1) is 7.29. The predicted molar refractivity (Wildman–Crippen MR) is 61.8 cm³/mol. The van der Waals surface area contributed by atoms with Crippen LogP contribution in [0.3, 0.4) is 0 Å². The van der Waals surface area contributed by atoms with Crippen LogP contribution in [0.2, 0.25) is 0 Å². The van der Waals surface area contributed by atoms with Gasteiger partial charge in [0.25, 0.3) is 0 Å². The van der Waals surface area contributed by atoms with Crippen molar-refractivity contribution < 1.29 is 4.74 Å². The topological polar surface area (TPSA) is 38.5 Å². The second-order valence-corrected chi connectivity index (χ2v) is 5.14. The molecule has 1 aliphatic carbocycles. The maximum Gasteiger partial charge on any atom is 0.0824 e. The Hall–Kier alpha value is -0.120. The molecule has 2 aliphatic rings. The molecule has 1 heterocycles. The van der Waals surface area contributed by atoms with Gasteiger partial charge in [0.1, 0.15) is 0 Å². The molecule has 0 aromatic carbocycles. The maximum absolute atomic E-state index is 5.67. The molecule has 3 nitrogen and oxygen atoms in total. The molecule has 0 bridgehead atoms. The van der Waals surface area contributed by atoms with Gasteiger partial charge in [0.2, 0.25) is 0 Å². The molecule has 2 fully saturated rings. The number of nitrogens with two attached hydrogens (primary N) is 1. The molecule has 0 radical (unpaired) electrons. The molecule has 1 saturated carbocycles. The zero-order valence-electron chi connectivity index (χ0n) is 9.82. The lowest BCUT2D eigenvalue weighted by atomic mass is 10.1. The molecule has 1 aliphatic heterocycles. The minimum atomic E-state index is 0.266.